The molecule has 12 heteroatoms. The Bertz CT molecular complexity index is 1340. The minimum Gasteiger partial charge on any atom is -0.490 e. The molecule has 0 unspecified atom stereocenters. The van der Waals surface area contributed by atoms with Crippen LogP contribution in [0.25, 0.3) is 0 Å². The van der Waals surface area contributed by atoms with Crippen molar-refractivity contribution in [1.82, 2.24) is 9.97 Å². The van der Waals surface area contributed by atoms with Crippen LogP contribution in [0.1, 0.15) is 40.2 Å². The van der Waals surface area contributed by atoms with E-state index in [9.17, 15) is 24.8 Å². The van der Waals surface area contributed by atoms with Crippen molar-refractivity contribution in [2.45, 2.75) is 25.7 Å². The number of aliphatic carboxylic acids is 1. The van der Waals surface area contributed by atoms with Crippen LogP contribution in [-0.2, 0) is 17.6 Å². The number of nitrogens with zero attached hydrogens (tertiary/aromatic N) is 4. The van der Waals surface area contributed by atoms with Crippen molar-refractivity contribution in [1.29, 1.82) is 0 Å². The SMILES string of the molecule is COc1ccc(C(=O)Nc2ccc(Cc3nc(Cl)c(CC(=O)O)c(N4CCCC4)n3)cc2)cc1[N+](=O)[O-]. The molecule has 0 saturated carbocycles. The molecule has 37 heavy (non-hydrogen) atoms. The normalized spacial score (nSPS) is 12.9. The van der Waals surface area contributed by atoms with Crippen LogP contribution < -0.4 is 15.0 Å². The van der Waals surface area contributed by atoms with Crippen molar-refractivity contribution in [3.05, 3.63) is 80.2 Å². The molecule has 0 atom stereocenters. The predicted octanol–water partition coefficient (Wildman–Crippen LogP) is 4.12. The molecule has 1 aliphatic rings. The maximum atomic E-state index is 12.6. The van der Waals surface area contributed by atoms with E-state index in [1.54, 1.807) is 24.3 Å². The highest BCUT2D eigenvalue weighted by atomic mass is 35.5. The molecule has 192 valence electrons. The van der Waals surface area contributed by atoms with Gasteiger partial charge >= 0.3 is 11.7 Å². The van der Waals surface area contributed by atoms with E-state index < -0.39 is 16.8 Å². The molecular weight excluding hydrogens is 502 g/mol. The Labute approximate surface area is 217 Å². The van der Waals surface area contributed by atoms with Crippen LogP contribution in [0.4, 0.5) is 17.2 Å². The number of nitro benzene ring substituents is 1. The topological polar surface area (TPSA) is 148 Å². The summed E-state index contributed by atoms with van der Waals surface area (Å²) < 4.78 is 4.97. The van der Waals surface area contributed by atoms with Gasteiger partial charge in [0.2, 0.25) is 0 Å². The molecule has 0 radical (unpaired) electrons. The number of carboxylic acid groups (broad SMARTS) is 1. The fourth-order valence-corrected chi connectivity index (χ4v) is 4.38. The first-order valence-corrected chi connectivity index (χ1v) is 11.9. The Morgan fingerprint density at radius 1 is 1.16 bits per heavy atom. The number of nitrogens with one attached hydrogen (secondary N) is 1. The highest BCUT2D eigenvalue weighted by molar-refractivity contribution is 6.30. The molecule has 0 aliphatic carbocycles. The molecule has 1 aliphatic heterocycles. The molecule has 2 N–H and O–H groups in total. The monoisotopic (exact) mass is 525 g/mol. The first-order valence-electron chi connectivity index (χ1n) is 11.5. The van der Waals surface area contributed by atoms with E-state index >= 15 is 0 Å². The minimum absolute atomic E-state index is 0.0668. The van der Waals surface area contributed by atoms with Crippen LogP contribution in [0, 0.1) is 10.1 Å². The van der Waals surface area contributed by atoms with Crippen LogP contribution in [0.3, 0.4) is 0 Å². The third-order valence-electron chi connectivity index (χ3n) is 5.93. The Kier molecular flexibility index (Phi) is 7.83. The molecular formula is C25H24ClN5O6. The van der Waals surface area contributed by atoms with E-state index in [1.165, 1.54) is 19.2 Å². The summed E-state index contributed by atoms with van der Waals surface area (Å²) in [6.45, 7) is 1.57. The van der Waals surface area contributed by atoms with Gasteiger partial charge in [-0.15, -0.1) is 0 Å². The van der Waals surface area contributed by atoms with Gasteiger partial charge in [0, 0.05) is 42.4 Å². The van der Waals surface area contributed by atoms with Gasteiger partial charge in [-0.05, 0) is 42.7 Å². The number of hydrogen-bond acceptors (Lipinski definition) is 8. The Balaban J connectivity index is 1.49. The zero-order valence-electron chi connectivity index (χ0n) is 19.9. The molecule has 1 saturated heterocycles. The number of carboxylic acids is 1. The number of amides is 1. The van der Waals surface area contributed by atoms with Crippen molar-refractivity contribution in [2.75, 3.05) is 30.4 Å². The number of carbonyl (C=O) groups is 2. The number of nitro groups is 1. The van der Waals surface area contributed by atoms with Gasteiger partial charge in [0.05, 0.1) is 18.5 Å². The quantitative estimate of drug-likeness (QED) is 0.239. The summed E-state index contributed by atoms with van der Waals surface area (Å²) in [5, 5.41) is 23.4. The lowest BCUT2D eigenvalue weighted by Crippen LogP contribution is -2.23. The van der Waals surface area contributed by atoms with Gasteiger partial charge in [0.1, 0.15) is 16.8 Å². The van der Waals surface area contributed by atoms with Gasteiger partial charge in [0.15, 0.2) is 5.75 Å². The van der Waals surface area contributed by atoms with E-state index in [0.29, 0.717) is 29.3 Å². The van der Waals surface area contributed by atoms with E-state index in [-0.39, 0.29) is 28.6 Å². The molecule has 0 spiro atoms. The fraction of sp³-hybridized carbons (Fsp3) is 0.280. The lowest BCUT2D eigenvalue weighted by molar-refractivity contribution is -0.385. The van der Waals surface area contributed by atoms with Gasteiger partial charge in [0.25, 0.3) is 5.91 Å². The lowest BCUT2D eigenvalue weighted by atomic mass is 10.1. The van der Waals surface area contributed by atoms with Gasteiger partial charge in [-0.25, -0.2) is 9.97 Å². The zero-order chi connectivity index (χ0) is 26.5. The first kappa shape index (κ1) is 25.8. The number of anilines is 2. The average molecular weight is 526 g/mol. The van der Waals surface area contributed by atoms with Crippen molar-refractivity contribution >= 4 is 40.7 Å². The molecule has 2 heterocycles. The van der Waals surface area contributed by atoms with Crippen LogP contribution in [-0.4, -0.2) is 52.1 Å². The number of hydrogen-bond donors (Lipinski definition) is 2. The van der Waals surface area contributed by atoms with Crippen LogP contribution >= 0.6 is 11.6 Å². The highest BCUT2D eigenvalue weighted by Gasteiger charge is 2.23. The Morgan fingerprint density at radius 3 is 2.49 bits per heavy atom. The summed E-state index contributed by atoms with van der Waals surface area (Å²) in [5.74, 6) is -0.411. The standard InChI is InChI=1S/C25H24ClN5O6/c1-37-20-9-6-16(13-19(20)31(35)36)25(34)27-17-7-4-15(5-8-17)12-21-28-23(26)18(14-22(32)33)24(29-21)30-10-2-3-11-30/h4-9,13H,2-3,10-12,14H2,1H3,(H,27,34)(H,32,33). The Hall–Kier alpha value is -4.25. The maximum absolute atomic E-state index is 12.6. The minimum atomic E-state index is -0.999. The molecule has 11 nitrogen and oxygen atoms in total. The number of halogens is 1. The second-order valence-corrected chi connectivity index (χ2v) is 8.83. The summed E-state index contributed by atoms with van der Waals surface area (Å²) in [7, 11) is 1.32. The predicted molar refractivity (Wildman–Crippen MR) is 137 cm³/mol. The summed E-state index contributed by atoms with van der Waals surface area (Å²) in [6, 6.07) is 11.0. The number of ether oxygens (including phenoxy) is 1. The van der Waals surface area contributed by atoms with E-state index in [0.717, 1.165) is 37.6 Å². The van der Waals surface area contributed by atoms with Gasteiger partial charge < -0.3 is 20.1 Å². The molecule has 2 aromatic carbocycles. The summed E-state index contributed by atoms with van der Waals surface area (Å²) in [5.41, 5.74) is 1.59. The number of carbonyl (C=O) groups excluding carboxylic acids is 1. The van der Waals surface area contributed by atoms with Crippen molar-refractivity contribution in [3.8, 4) is 5.75 Å². The number of benzene rings is 2. The number of rotatable bonds is 9. The van der Waals surface area contributed by atoms with E-state index in [2.05, 4.69) is 15.3 Å². The fourth-order valence-electron chi connectivity index (χ4n) is 4.13. The number of aromatic nitrogens is 2. The summed E-state index contributed by atoms with van der Waals surface area (Å²) in [6.07, 6.45) is 2.10. The summed E-state index contributed by atoms with van der Waals surface area (Å²) in [4.78, 5) is 45.6. The van der Waals surface area contributed by atoms with Crippen LogP contribution in [0.15, 0.2) is 42.5 Å². The Morgan fingerprint density at radius 2 is 1.86 bits per heavy atom. The molecule has 4 rings (SSSR count). The van der Waals surface area contributed by atoms with Crippen molar-refractivity contribution in [3.63, 3.8) is 0 Å². The molecule has 1 amide bonds. The molecule has 1 fully saturated rings. The van der Waals surface area contributed by atoms with E-state index in [1.807, 2.05) is 4.90 Å². The third-order valence-corrected chi connectivity index (χ3v) is 6.24. The second kappa shape index (κ2) is 11.2. The second-order valence-electron chi connectivity index (χ2n) is 8.47. The summed E-state index contributed by atoms with van der Waals surface area (Å²) >= 11 is 6.38. The van der Waals surface area contributed by atoms with Gasteiger partial charge in [-0.2, -0.15) is 0 Å². The van der Waals surface area contributed by atoms with Crippen molar-refractivity contribution < 1.29 is 24.4 Å². The smallest absolute Gasteiger partial charge is 0.311 e. The first-order chi connectivity index (χ1) is 17.7. The van der Waals surface area contributed by atoms with Gasteiger partial charge in [-0.1, -0.05) is 23.7 Å². The average Bonchev–Trinajstić information content (AvgIpc) is 3.41. The van der Waals surface area contributed by atoms with Crippen LogP contribution in [0.2, 0.25) is 5.15 Å². The zero-order valence-corrected chi connectivity index (χ0v) is 20.7. The third kappa shape index (κ3) is 6.12. The van der Waals surface area contributed by atoms with Gasteiger partial charge in [-0.3, -0.25) is 19.7 Å². The largest absolute Gasteiger partial charge is 0.490 e. The molecule has 0 bridgehead atoms. The maximum Gasteiger partial charge on any atom is 0.311 e. The van der Waals surface area contributed by atoms with E-state index in [4.69, 9.17) is 16.3 Å². The lowest BCUT2D eigenvalue weighted by Gasteiger charge is -2.21. The molecule has 1 aromatic heterocycles. The van der Waals surface area contributed by atoms with Crippen molar-refractivity contribution in [2.24, 2.45) is 0 Å². The number of methoxy groups -OCH3 is 1. The molecule has 3 aromatic rings. The van der Waals surface area contributed by atoms with Crippen LogP contribution in [0.5, 0.6) is 5.75 Å². The highest BCUT2D eigenvalue weighted by Crippen LogP contribution is 2.29.